The second kappa shape index (κ2) is 13.5. The zero-order chi connectivity index (χ0) is 26.1. The van der Waals surface area contributed by atoms with E-state index in [2.05, 4.69) is 30.7 Å². The van der Waals surface area contributed by atoms with E-state index in [1.54, 1.807) is 6.07 Å². The molecule has 0 amide bonds. The molecule has 36 heavy (non-hydrogen) atoms. The standard InChI is InChI=1S/C30H43F3N2O/c1-4-7-13-23-26(21-35-18-11-10-12-19-35)24(14-8-5-2)29(36)25(15-9-6-3)28(23)22-16-17-27(34-20-22)30(31,32)33/h16-17,20,36H,4-15,18-19,21H2,1-3H3. The molecule has 2 heterocycles. The molecular weight excluding hydrogens is 461 g/mol. The van der Waals surface area contributed by atoms with Crippen LogP contribution in [0.15, 0.2) is 18.3 Å². The van der Waals surface area contributed by atoms with Crippen molar-refractivity contribution >= 4 is 0 Å². The Morgan fingerprint density at radius 3 is 1.92 bits per heavy atom. The second-order valence-electron chi connectivity index (χ2n) is 10.2. The van der Waals surface area contributed by atoms with E-state index in [9.17, 15) is 18.3 Å². The van der Waals surface area contributed by atoms with Crippen molar-refractivity contribution < 1.29 is 18.3 Å². The maximum absolute atomic E-state index is 13.3. The largest absolute Gasteiger partial charge is 0.507 e. The monoisotopic (exact) mass is 504 g/mol. The topological polar surface area (TPSA) is 36.4 Å². The third kappa shape index (κ3) is 7.02. The lowest BCUT2D eigenvalue weighted by Crippen LogP contribution is -2.30. The number of pyridine rings is 1. The summed E-state index contributed by atoms with van der Waals surface area (Å²) < 4.78 is 39.8. The Morgan fingerprint density at radius 1 is 0.806 bits per heavy atom. The molecule has 1 N–H and O–H groups in total. The van der Waals surface area contributed by atoms with Crippen LogP contribution in [0.5, 0.6) is 5.75 Å². The van der Waals surface area contributed by atoms with Gasteiger partial charge in [0.05, 0.1) is 0 Å². The first-order valence-corrected chi connectivity index (χ1v) is 14.0. The number of unbranched alkanes of at least 4 members (excludes halogenated alkanes) is 3. The Bertz CT molecular complexity index is 964. The van der Waals surface area contributed by atoms with Crippen LogP contribution in [-0.2, 0) is 32.0 Å². The Kier molecular flexibility index (Phi) is 10.7. The Labute approximate surface area is 215 Å². The summed E-state index contributed by atoms with van der Waals surface area (Å²) in [7, 11) is 0. The van der Waals surface area contributed by atoms with Crippen molar-refractivity contribution in [1.82, 2.24) is 9.88 Å². The van der Waals surface area contributed by atoms with E-state index in [0.717, 1.165) is 93.8 Å². The molecule has 1 aromatic heterocycles. The molecule has 1 saturated heterocycles. The van der Waals surface area contributed by atoms with Crippen molar-refractivity contribution in [3.05, 3.63) is 46.3 Å². The lowest BCUT2D eigenvalue weighted by molar-refractivity contribution is -0.141. The molecule has 0 aliphatic carbocycles. The fraction of sp³-hybridized carbons (Fsp3) is 0.633. The number of halogens is 3. The van der Waals surface area contributed by atoms with Crippen molar-refractivity contribution in [1.29, 1.82) is 0 Å². The van der Waals surface area contributed by atoms with Gasteiger partial charge in [-0.2, -0.15) is 13.2 Å². The number of aromatic hydroxyl groups is 1. The molecule has 0 bridgehead atoms. The van der Waals surface area contributed by atoms with Crippen molar-refractivity contribution in [2.45, 2.75) is 111 Å². The number of benzene rings is 1. The molecule has 1 aliphatic heterocycles. The first-order valence-electron chi connectivity index (χ1n) is 14.0. The van der Waals surface area contributed by atoms with Crippen molar-refractivity contribution in [2.75, 3.05) is 13.1 Å². The highest BCUT2D eigenvalue weighted by Crippen LogP contribution is 2.43. The Balaban J connectivity index is 2.25. The van der Waals surface area contributed by atoms with Crippen LogP contribution < -0.4 is 0 Å². The van der Waals surface area contributed by atoms with Gasteiger partial charge in [0.25, 0.3) is 0 Å². The number of hydrogen-bond donors (Lipinski definition) is 1. The molecule has 1 aliphatic rings. The number of hydrogen-bond acceptors (Lipinski definition) is 3. The average Bonchev–Trinajstić information content (AvgIpc) is 2.87. The van der Waals surface area contributed by atoms with E-state index < -0.39 is 11.9 Å². The van der Waals surface area contributed by atoms with E-state index in [1.807, 2.05) is 0 Å². The summed E-state index contributed by atoms with van der Waals surface area (Å²) in [5, 5.41) is 11.7. The van der Waals surface area contributed by atoms with Crippen molar-refractivity contribution in [2.24, 2.45) is 0 Å². The highest BCUT2D eigenvalue weighted by atomic mass is 19.4. The third-order valence-electron chi connectivity index (χ3n) is 7.42. The van der Waals surface area contributed by atoms with Crippen LogP contribution in [0.3, 0.4) is 0 Å². The Morgan fingerprint density at radius 2 is 1.39 bits per heavy atom. The summed E-state index contributed by atoms with van der Waals surface area (Å²) in [6.45, 7) is 9.35. The lowest BCUT2D eigenvalue weighted by atomic mass is 9.82. The molecule has 3 rings (SSSR count). The SMILES string of the molecule is CCCCc1c(O)c(CCCC)c(-c2ccc(C(F)(F)F)nc2)c(CCCC)c1CN1CCCCC1. The molecule has 0 spiro atoms. The molecule has 6 heteroatoms. The molecule has 1 fully saturated rings. The predicted octanol–water partition coefficient (Wildman–Crippen LogP) is 8.49. The number of nitrogens with zero attached hydrogens (tertiary/aromatic N) is 2. The van der Waals surface area contributed by atoms with Crippen LogP contribution in [0.2, 0.25) is 0 Å². The van der Waals surface area contributed by atoms with Gasteiger partial charge in [-0.1, -0.05) is 52.5 Å². The maximum Gasteiger partial charge on any atom is 0.433 e. The second-order valence-corrected chi connectivity index (χ2v) is 10.2. The molecule has 0 unspecified atom stereocenters. The normalized spacial score (nSPS) is 14.9. The molecule has 3 nitrogen and oxygen atoms in total. The summed E-state index contributed by atoms with van der Waals surface area (Å²) in [4.78, 5) is 6.29. The number of phenols is 1. The number of likely N-dealkylation sites (tertiary alicyclic amines) is 1. The number of rotatable bonds is 12. The minimum atomic E-state index is -4.47. The minimum Gasteiger partial charge on any atom is -0.507 e. The molecule has 200 valence electrons. The summed E-state index contributed by atoms with van der Waals surface area (Å²) >= 11 is 0. The van der Waals surface area contributed by atoms with Gasteiger partial charge in [0.2, 0.25) is 0 Å². The van der Waals surface area contributed by atoms with Gasteiger partial charge in [0.15, 0.2) is 0 Å². The molecule has 0 saturated carbocycles. The van der Waals surface area contributed by atoms with Crippen molar-refractivity contribution in [3.8, 4) is 16.9 Å². The number of piperidine rings is 1. The predicted molar refractivity (Wildman–Crippen MR) is 141 cm³/mol. The summed E-state index contributed by atoms with van der Waals surface area (Å²) in [6.07, 6.45) is 8.88. The van der Waals surface area contributed by atoms with Crippen LogP contribution in [0.25, 0.3) is 11.1 Å². The van der Waals surface area contributed by atoms with Crippen LogP contribution >= 0.6 is 0 Å². The minimum absolute atomic E-state index is 0.360. The molecular formula is C30H43F3N2O. The van der Waals surface area contributed by atoms with Gasteiger partial charge in [0.1, 0.15) is 11.4 Å². The van der Waals surface area contributed by atoms with Gasteiger partial charge >= 0.3 is 6.18 Å². The van der Waals surface area contributed by atoms with Crippen LogP contribution in [0, 0.1) is 0 Å². The molecule has 1 aromatic carbocycles. The number of phenolic OH excluding ortho intramolecular Hbond substituents is 1. The molecule has 0 radical (unpaired) electrons. The maximum atomic E-state index is 13.3. The summed E-state index contributed by atoms with van der Waals surface area (Å²) in [6, 6.07) is 2.63. The first kappa shape index (κ1) is 28.5. The molecule has 2 aromatic rings. The highest BCUT2D eigenvalue weighted by Gasteiger charge is 2.32. The van der Waals surface area contributed by atoms with Crippen molar-refractivity contribution in [3.63, 3.8) is 0 Å². The average molecular weight is 505 g/mol. The van der Waals surface area contributed by atoms with Crippen LogP contribution in [-0.4, -0.2) is 28.1 Å². The van der Waals surface area contributed by atoms with Crippen LogP contribution in [0.1, 0.15) is 107 Å². The zero-order valence-corrected chi connectivity index (χ0v) is 22.3. The van der Waals surface area contributed by atoms with Crippen LogP contribution in [0.4, 0.5) is 13.2 Å². The molecule has 0 atom stereocenters. The third-order valence-corrected chi connectivity index (χ3v) is 7.42. The van der Waals surface area contributed by atoms with E-state index in [4.69, 9.17) is 0 Å². The van der Waals surface area contributed by atoms with E-state index >= 15 is 0 Å². The van der Waals surface area contributed by atoms with Gasteiger partial charge in [0, 0.05) is 23.9 Å². The first-order chi connectivity index (χ1) is 17.3. The Hall–Kier alpha value is -2.08. The quantitative estimate of drug-likeness (QED) is 0.315. The van der Waals surface area contributed by atoms with Gasteiger partial charge in [-0.15, -0.1) is 0 Å². The van der Waals surface area contributed by atoms with Gasteiger partial charge in [-0.05, 0) is 92.8 Å². The zero-order valence-electron chi connectivity index (χ0n) is 22.3. The summed E-state index contributed by atoms with van der Waals surface area (Å²) in [5.74, 6) is 0.360. The van der Waals surface area contributed by atoms with E-state index in [-0.39, 0.29) is 0 Å². The van der Waals surface area contributed by atoms with E-state index in [0.29, 0.717) is 17.7 Å². The van der Waals surface area contributed by atoms with Gasteiger partial charge < -0.3 is 5.11 Å². The van der Waals surface area contributed by atoms with E-state index in [1.165, 1.54) is 36.6 Å². The highest BCUT2D eigenvalue weighted by molar-refractivity contribution is 5.77. The fourth-order valence-electron chi connectivity index (χ4n) is 5.40. The summed E-state index contributed by atoms with van der Waals surface area (Å²) in [5.41, 5.74) is 5.07. The van der Waals surface area contributed by atoms with Gasteiger partial charge in [-0.25, -0.2) is 0 Å². The van der Waals surface area contributed by atoms with Gasteiger partial charge in [-0.3, -0.25) is 9.88 Å². The fourth-order valence-corrected chi connectivity index (χ4v) is 5.40. The number of aromatic nitrogens is 1. The number of alkyl halides is 3. The lowest BCUT2D eigenvalue weighted by Gasteiger charge is -2.31. The smallest absolute Gasteiger partial charge is 0.433 e.